The summed E-state index contributed by atoms with van der Waals surface area (Å²) in [5, 5.41) is 5.71. The maximum Gasteiger partial charge on any atom is 0.237 e. The molecule has 0 fully saturated rings. The van der Waals surface area contributed by atoms with Gasteiger partial charge in [-0.3, -0.25) is 4.79 Å². The molecule has 6 heteroatoms. The van der Waals surface area contributed by atoms with Crippen molar-refractivity contribution in [1.82, 2.24) is 10.3 Å². The van der Waals surface area contributed by atoms with Crippen LogP contribution in [0.2, 0.25) is 0 Å². The van der Waals surface area contributed by atoms with Crippen LogP contribution in [0.5, 0.6) is 0 Å². The molecule has 0 saturated carbocycles. The lowest BCUT2D eigenvalue weighted by molar-refractivity contribution is -0.123. The summed E-state index contributed by atoms with van der Waals surface area (Å²) < 4.78 is 0. The van der Waals surface area contributed by atoms with Crippen molar-refractivity contribution in [1.29, 1.82) is 0 Å². The predicted octanol–water partition coefficient (Wildman–Crippen LogP) is 1.20. The Kier molecular flexibility index (Phi) is 5.55. The van der Waals surface area contributed by atoms with Crippen LogP contribution in [0.25, 0.3) is 0 Å². The van der Waals surface area contributed by atoms with Gasteiger partial charge in [0.05, 0.1) is 18.3 Å². The number of rotatable bonds is 6. The van der Waals surface area contributed by atoms with Gasteiger partial charge in [-0.05, 0) is 5.92 Å². The highest BCUT2D eigenvalue weighted by Gasteiger charge is 2.19. The number of hydrogen-bond acceptors (Lipinski definition) is 5. The fourth-order valence-corrected chi connectivity index (χ4v) is 2.15. The molecule has 1 heterocycles. The van der Waals surface area contributed by atoms with Gasteiger partial charge in [0.25, 0.3) is 0 Å². The highest BCUT2D eigenvalue weighted by atomic mass is 32.1. The van der Waals surface area contributed by atoms with Crippen LogP contribution < -0.4 is 16.0 Å². The Morgan fingerprint density at radius 1 is 1.61 bits per heavy atom. The van der Waals surface area contributed by atoms with Crippen LogP contribution in [0.1, 0.15) is 26.0 Å². The minimum Gasteiger partial charge on any atom is -0.354 e. The van der Waals surface area contributed by atoms with E-state index in [0.717, 1.165) is 17.2 Å². The summed E-state index contributed by atoms with van der Waals surface area (Å²) in [6.45, 7) is 4.45. The average molecular weight is 270 g/mol. The van der Waals surface area contributed by atoms with Gasteiger partial charge in [-0.15, -0.1) is 11.3 Å². The molecule has 3 N–H and O–H groups in total. The SMILES string of the molecule is CC[C@H](C)[C@H](N)C(=O)NCc1csc(N(C)C)n1. The topological polar surface area (TPSA) is 71.2 Å². The van der Waals surface area contributed by atoms with Crippen molar-refractivity contribution in [3.8, 4) is 0 Å². The number of nitrogens with one attached hydrogen (secondary N) is 1. The maximum absolute atomic E-state index is 11.8. The summed E-state index contributed by atoms with van der Waals surface area (Å²) in [7, 11) is 3.89. The molecule has 0 aliphatic carbocycles. The van der Waals surface area contributed by atoms with Crippen molar-refractivity contribution in [3.63, 3.8) is 0 Å². The molecule has 102 valence electrons. The van der Waals surface area contributed by atoms with Gasteiger partial charge >= 0.3 is 0 Å². The monoisotopic (exact) mass is 270 g/mol. The molecule has 1 aromatic rings. The van der Waals surface area contributed by atoms with Gasteiger partial charge < -0.3 is 16.0 Å². The minimum absolute atomic E-state index is 0.108. The molecule has 1 amide bonds. The summed E-state index contributed by atoms with van der Waals surface area (Å²) in [6, 6.07) is -0.443. The Balaban J connectivity index is 2.47. The third-order valence-electron chi connectivity index (χ3n) is 2.93. The van der Waals surface area contributed by atoms with E-state index in [1.54, 1.807) is 11.3 Å². The standard InChI is InChI=1S/C12H22N4OS/c1-5-8(2)10(13)11(17)14-6-9-7-18-12(15-9)16(3)4/h7-8,10H,5-6,13H2,1-4H3,(H,14,17)/t8-,10-/m0/s1. The first-order valence-electron chi connectivity index (χ1n) is 6.10. The zero-order valence-electron chi connectivity index (χ0n) is 11.4. The van der Waals surface area contributed by atoms with Crippen molar-refractivity contribution in [2.75, 3.05) is 19.0 Å². The van der Waals surface area contributed by atoms with Gasteiger partial charge in [0.1, 0.15) is 0 Å². The number of carbonyl (C=O) groups excluding carboxylic acids is 1. The van der Waals surface area contributed by atoms with Gasteiger partial charge in [0, 0.05) is 19.5 Å². The Bertz CT molecular complexity index is 391. The summed E-state index contributed by atoms with van der Waals surface area (Å²) in [5.41, 5.74) is 6.72. The Labute approximate surface area is 112 Å². The number of anilines is 1. The molecule has 18 heavy (non-hydrogen) atoms. The molecular weight excluding hydrogens is 248 g/mol. The van der Waals surface area contributed by atoms with E-state index in [0.29, 0.717) is 6.54 Å². The lowest BCUT2D eigenvalue weighted by Crippen LogP contribution is -2.44. The van der Waals surface area contributed by atoms with E-state index in [4.69, 9.17) is 5.73 Å². The number of aromatic nitrogens is 1. The molecule has 0 spiro atoms. The molecule has 0 aromatic carbocycles. The summed E-state index contributed by atoms with van der Waals surface area (Å²) in [5.74, 6) is 0.0847. The van der Waals surface area contributed by atoms with E-state index in [-0.39, 0.29) is 11.8 Å². The second-order valence-corrected chi connectivity index (χ2v) is 5.48. The molecule has 0 saturated heterocycles. The molecule has 0 aliphatic rings. The number of carbonyl (C=O) groups is 1. The number of nitrogens with two attached hydrogens (primary N) is 1. The van der Waals surface area contributed by atoms with Crippen LogP contribution in [0.15, 0.2) is 5.38 Å². The van der Waals surface area contributed by atoms with Crippen molar-refractivity contribution in [2.24, 2.45) is 11.7 Å². The average Bonchev–Trinajstić information content (AvgIpc) is 2.82. The number of amides is 1. The first kappa shape index (κ1) is 14.9. The van der Waals surface area contributed by atoms with Crippen LogP contribution in [0.3, 0.4) is 0 Å². The zero-order chi connectivity index (χ0) is 13.7. The zero-order valence-corrected chi connectivity index (χ0v) is 12.3. The lowest BCUT2D eigenvalue weighted by Gasteiger charge is -2.17. The Morgan fingerprint density at radius 3 is 2.78 bits per heavy atom. The smallest absolute Gasteiger partial charge is 0.237 e. The summed E-state index contributed by atoms with van der Waals surface area (Å²) in [4.78, 5) is 18.1. The third-order valence-corrected chi connectivity index (χ3v) is 3.98. The number of thiazole rings is 1. The van der Waals surface area contributed by atoms with Gasteiger partial charge in [-0.2, -0.15) is 0 Å². The van der Waals surface area contributed by atoms with E-state index in [2.05, 4.69) is 10.3 Å². The first-order valence-corrected chi connectivity index (χ1v) is 6.98. The van der Waals surface area contributed by atoms with E-state index < -0.39 is 6.04 Å². The third kappa shape index (κ3) is 3.96. The first-order chi connectivity index (χ1) is 8.45. The molecule has 0 bridgehead atoms. The van der Waals surface area contributed by atoms with Gasteiger partial charge in [0.2, 0.25) is 5.91 Å². The lowest BCUT2D eigenvalue weighted by atomic mass is 9.99. The quantitative estimate of drug-likeness (QED) is 0.815. The van der Waals surface area contributed by atoms with Gasteiger partial charge in [0.15, 0.2) is 5.13 Å². The number of nitrogens with zero attached hydrogens (tertiary/aromatic N) is 2. The largest absolute Gasteiger partial charge is 0.354 e. The van der Waals surface area contributed by atoms with Crippen LogP contribution in [0, 0.1) is 5.92 Å². The molecule has 1 aromatic heterocycles. The van der Waals surface area contributed by atoms with Crippen LogP contribution >= 0.6 is 11.3 Å². The Hall–Kier alpha value is -1.14. The Morgan fingerprint density at radius 2 is 2.28 bits per heavy atom. The summed E-state index contributed by atoms with van der Waals surface area (Å²) >= 11 is 1.56. The van der Waals surface area contributed by atoms with Crippen molar-refractivity contribution >= 4 is 22.4 Å². The fraction of sp³-hybridized carbons (Fsp3) is 0.667. The van der Waals surface area contributed by atoms with E-state index in [1.807, 2.05) is 38.2 Å². The molecule has 1 rings (SSSR count). The second-order valence-electron chi connectivity index (χ2n) is 4.64. The van der Waals surface area contributed by atoms with Crippen LogP contribution in [-0.4, -0.2) is 31.0 Å². The predicted molar refractivity (Wildman–Crippen MR) is 75.7 cm³/mol. The second kappa shape index (κ2) is 6.70. The van der Waals surface area contributed by atoms with E-state index >= 15 is 0 Å². The molecule has 5 nitrogen and oxygen atoms in total. The van der Waals surface area contributed by atoms with Gasteiger partial charge in [-0.25, -0.2) is 4.98 Å². The normalized spacial score (nSPS) is 14.1. The highest BCUT2D eigenvalue weighted by Crippen LogP contribution is 2.17. The van der Waals surface area contributed by atoms with Crippen LogP contribution in [-0.2, 0) is 11.3 Å². The highest BCUT2D eigenvalue weighted by molar-refractivity contribution is 7.13. The molecule has 0 unspecified atom stereocenters. The van der Waals surface area contributed by atoms with Crippen molar-refractivity contribution < 1.29 is 4.79 Å². The molecule has 0 aliphatic heterocycles. The van der Waals surface area contributed by atoms with Crippen molar-refractivity contribution in [3.05, 3.63) is 11.1 Å². The minimum atomic E-state index is -0.443. The van der Waals surface area contributed by atoms with E-state index in [1.165, 1.54) is 0 Å². The number of hydrogen-bond donors (Lipinski definition) is 2. The van der Waals surface area contributed by atoms with Crippen LogP contribution in [0.4, 0.5) is 5.13 Å². The van der Waals surface area contributed by atoms with Crippen molar-refractivity contribution in [2.45, 2.75) is 32.9 Å². The van der Waals surface area contributed by atoms with E-state index in [9.17, 15) is 4.79 Å². The molecule has 0 radical (unpaired) electrons. The fourth-order valence-electron chi connectivity index (χ4n) is 1.39. The molecular formula is C12H22N4OS. The molecule has 2 atom stereocenters. The summed E-state index contributed by atoms with van der Waals surface area (Å²) in [6.07, 6.45) is 0.899. The maximum atomic E-state index is 11.8. The van der Waals surface area contributed by atoms with Gasteiger partial charge in [-0.1, -0.05) is 20.3 Å².